The molecular weight excluding hydrogens is 256 g/mol. The van der Waals surface area contributed by atoms with E-state index in [1.165, 1.54) is 6.07 Å². The topological polar surface area (TPSA) is 73.4 Å². The maximum Gasteiger partial charge on any atom is 0.270 e. The van der Waals surface area contributed by atoms with Crippen molar-refractivity contribution in [1.29, 1.82) is 0 Å². The highest BCUT2D eigenvalue weighted by atomic mass is 16.3. The summed E-state index contributed by atoms with van der Waals surface area (Å²) >= 11 is 0. The zero-order valence-corrected chi connectivity index (χ0v) is 11.4. The molecule has 0 aliphatic rings. The van der Waals surface area contributed by atoms with Gasteiger partial charge in [0.25, 0.3) is 5.91 Å². The molecule has 20 heavy (non-hydrogen) atoms. The summed E-state index contributed by atoms with van der Waals surface area (Å²) in [4.78, 5) is 28.9. The number of hydrogen-bond acceptors (Lipinski definition) is 3. The number of aliphatic hydroxyl groups excluding tert-OH is 1. The van der Waals surface area contributed by atoms with Crippen LogP contribution in [-0.4, -0.2) is 40.6 Å². The second-order valence-electron chi connectivity index (χ2n) is 4.61. The smallest absolute Gasteiger partial charge is 0.270 e. The average molecular weight is 274 g/mol. The highest BCUT2D eigenvalue weighted by Gasteiger charge is 2.16. The van der Waals surface area contributed by atoms with Gasteiger partial charge in [-0.3, -0.25) is 9.59 Å². The molecule has 1 aromatic carbocycles. The molecule has 0 saturated heterocycles. The summed E-state index contributed by atoms with van der Waals surface area (Å²) in [6.07, 6.45) is 0.795. The van der Waals surface area contributed by atoms with E-state index in [1.54, 1.807) is 23.1 Å². The van der Waals surface area contributed by atoms with Crippen LogP contribution in [0.5, 0.6) is 0 Å². The van der Waals surface area contributed by atoms with Gasteiger partial charge in [0.05, 0.1) is 6.61 Å². The minimum absolute atomic E-state index is 0.0937. The summed E-state index contributed by atoms with van der Waals surface area (Å²) in [7, 11) is 0. The van der Waals surface area contributed by atoms with Crippen molar-refractivity contribution < 1.29 is 9.90 Å². The van der Waals surface area contributed by atoms with Gasteiger partial charge in [-0.25, -0.2) is 0 Å². The zero-order valence-electron chi connectivity index (χ0n) is 11.4. The van der Waals surface area contributed by atoms with Gasteiger partial charge in [-0.1, -0.05) is 19.1 Å². The van der Waals surface area contributed by atoms with E-state index < -0.39 is 0 Å². The zero-order chi connectivity index (χ0) is 14.5. The molecule has 1 heterocycles. The number of fused-ring (bicyclic) bond motifs is 1. The van der Waals surface area contributed by atoms with Crippen LogP contribution >= 0.6 is 0 Å². The number of pyridine rings is 1. The molecule has 5 nitrogen and oxygen atoms in total. The van der Waals surface area contributed by atoms with Gasteiger partial charge in [0, 0.05) is 30.1 Å². The lowest BCUT2D eigenvalue weighted by molar-refractivity contribution is 0.0716. The Labute approximate surface area is 116 Å². The van der Waals surface area contributed by atoms with Gasteiger partial charge in [-0.2, -0.15) is 0 Å². The Balaban J connectivity index is 2.41. The van der Waals surface area contributed by atoms with Crippen LogP contribution in [0.4, 0.5) is 0 Å². The van der Waals surface area contributed by atoms with Crippen molar-refractivity contribution in [1.82, 2.24) is 9.88 Å². The number of hydrogen-bond donors (Lipinski definition) is 2. The second kappa shape index (κ2) is 6.34. The molecule has 0 spiro atoms. The number of carbonyl (C=O) groups is 1. The first-order valence-electron chi connectivity index (χ1n) is 6.69. The van der Waals surface area contributed by atoms with Crippen LogP contribution in [0.3, 0.4) is 0 Å². The highest BCUT2D eigenvalue weighted by molar-refractivity contribution is 5.94. The number of carbonyl (C=O) groups excluding carboxylic acids is 1. The van der Waals surface area contributed by atoms with E-state index in [2.05, 4.69) is 4.98 Å². The van der Waals surface area contributed by atoms with Crippen LogP contribution in [0.1, 0.15) is 23.8 Å². The van der Waals surface area contributed by atoms with Crippen molar-refractivity contribution in [2.45, 2.75) is 13.3 Å². The van der Waals surface area contributed by atoms with Gasteiger partial charge in [-0.05, 0) is 18.6 Å². The normalized spacial score (nSPS) is 10.7. The molecule has 0 saturated carbocycles. The average Bonchev–Trinajstić information content (AvgIpc) is 2.46. The number of benzene rings is 1. The Morgan fingerprint density at radius 1 is 1.30 bits per heavy atom. The van der Waals surface area contributed by atoms with Crippen molar-refractivity contribution in [3.8, 4) is 0 Å². The molecular formula is C15H18N2O3. The number of aromatic amines is 1. The number of para-hydroxylation sites is 1. The second-order valence-corrected chi connectivity index (χ2v) is 4.61. The molecule has 106 valence electrons. The van der Waals surface area contributed by atoms with Gasteiger partial charge in [-0.15, -0.1) is 0 Å². The lowest BCUT2D eigenvalue weighted by atomic mass is 10.2. The maximum absolute atomic E-state index is 12.4. The quantitative estimate of drug-likeness (QED) is 0.865. The Morgan fingerprint density at radius 2 is 2.05 bits per heavy atom. The minimum Gasteiger partial charge on any atom is -0.395 e. The standard InChI is InChI=1S/C15H18N2O3/c1-2-7-17(8-9-18)15(20)13-10-14(19)11-5-3-4-6-12(11)16-13/h3-6,10,18H,2,7-9H2,1H3,(H,16,19). The van der Waals surface area contributed by atoms with Crippen molar-refractivity contribution in [3.63, 3.8) is 0 Å². The highest BCUT2D eigenvalue weighted by Crippen LogP contribution is 2.09. The first-order chi connectivity index (χ1) is 9.67. The fraction of sp³-hybridized carbons (Fsp3) is 0.333. The summed E-state index contributed by atoms with van der Waals surface area (Å²) in [5, 5.41) is 9.58. The summed E-state index contributed by atoms with van der Waals surface area (Å²) in [5.41, 5.74) is 0.725. The Morgan fingerprint density at radius 3 is 2.75 bits per heavy atom. The number of rotatable bonds is 5. The number of amides is 1. The summed E-state index contributed by atoms with van der Waals surface area (Å²) in [6, 6.07) is 8.41. The molecule has 0 atom stereocenters. The van der Waals surface area contributed by atoms with Crippen molar-refractivity contribution in [2.24, 2.45) is 0 Å². The van der Waals surface area contributed by atoms with Gasteiger partial charge in [0.2, 0.25) is 0 Å². The maximum atomic E-state index is 12.4. The van der Waals surface area contributed by atoms with Crippen LogP contribution in [-0.2, 0) is 0 Å². The van der Waals surface area contributed by atoms with E-state index in [4.69, 9.17) is 5.11 Å². The van der Waals surface area contributed by atoms with E-state index in [9.17, 15) is 9.59 Å². The van der Waals surface area contributed by atoms with Crippen LogP contribution in [0.15, 0.2) is 35.1 Å². The molecule has 1 amide bonds. The van der Waals surface area contributed by atoms with Crippen LogP contribution in [0.2, 0.25) is 0 Å². The van der Waals surface area contributed by atoms with Gasteiger partial charge >= 0.3 is 0 Å². The molecule has 0 bridgehead atoms. The van der Waals surface area contributed by atoms with Gasteiger partial charge < -0.3 is 15.0 Å². The molecule has 1 aromatic heterocycles. The van der Waals surface area contributed by atoms with E-state index in [-0.39, 0.29) is 30.2 Å². The predicted octanol–water partition coefficient (Wildman–Crippen LogP) is 1.37. The molecule has 2 rings (SSSR count). The largest absolute Gasteiger partial charge is 0.395 e. The monoisotopic (exact) mass is 274 g/mol. The third-order valence-corrected chi connectivity index (χ3v) is 3.12. The Hall–Kier alpha value is -2.14. The minimum atomic E-state index is -0.260. The Bertz CT molecular complexity index is 657. The van der Waals surface area contributed by atoms with Gasteiger partial charge in [0.15, 0.2) is 5.43 Å². The summed E-state index contributed by atoms with van der Waals surface area (Å²) in [5.74, 6) is -0.260. The van der Waals surface area contributed by atoms with Crippen LogP contribution < -0.4 is 5.43 Å². The molecule has 2 aromatic rings. The molecule has 5 heteroatoms. The van der Waals surface area contributed by atoms with E-state index in [1.807, 2.05) is 13.0 Å². The lowest BCUT2D eigenvalue weighted by Gasteiger charge is -2.21. The van der Waals surface area contributed by atoms with Crippen LogP contribution in [0.25, 0.3) is 10.9 Å². The Kier molecular flexibility index (Phi) is 4.53. The number of nitrogens with one attached hydrogen (secondary N) is 1. The summed E-state index contributed by atoms with van der Waals surface area (Å²) < 4.78 is 0. The molecule has 2 N–H and O–H groups in total. The van der Waals surface area contributed by atoms with Gasteiger partial charge in [0.1, 0.15) is 5.69 Å². The summed E-state index contributed by atoms with van der Waals surface area (Å²) in [6.45, 7) is 2.68. The van der Waals surface area contributed by atoms with E-state index >= 15 is 0 Å². The third-order valence-electron chi connectivity index (χ3n) is 3.12. The number of aliphatic hydroxyl groups is 1. The van der Waals surface area contributed by atoms with Crippen LogP contribution in [0, 0.1) is 0 Å². The number of H-pyrrole nitrogens is 1. The molecule has 0 unspecified atom stereocenters. The lowest BCUT2D eigenvalue weighted by Crippen LogP contribution is -2.35. The molecule has 0 aliphatic carbocycles. The number of aromatic nitrogens is 1. The first-order valence-corrected chi connectivity index (χ1v) is 6.69. The molecule has 0 fully saturated rings. The molecule has 0 radical (unpaired) electrons. The first kappa shape index (κ1) is 14.3. The van der Waals surface area contributed by atoms with E-state index in [0.717, 1.165) is 6.42 Å². The molecule has 0 aliphatic heterocycles. The third kappa shape index (κ3) is 2.88. The fourth-order valence-corrected chi connectivity index (χ4v) is 2.19. The predicted molar refractivity (Wildman–Crippen MR) is 77.8 cm³/mol. The SMILES string of the molecule is CCCN(CCO)C(=O)c1cc(=O)c2ccccc2[nH]1. The van der Waals surface area contributed by atoms with Crippen molar-refractivity contribution in [3.05, 3.63) is 46.2 Å². The van der Waals surface area contributed by atoms with Crippen molar-refractivity contribution >= 4 is 16.8 Å². The number of nitrogens with zero attached hydrogens (tertiary/aromatic N) is 1. The van der Waals surface area contributed by atoms with E-state index in [0.29, 0.717) is 17.4 Å². The fourth-order valence-electron chi connectivity index (χ4n) is 2.19. The van der Waals surface area contributed by atoms with Crippen molar-refractivity contribution in [2.75, 3.05) is 19.7 Å².